The largest absolute Gasteiger partial charge is 0.495 e. The van der Waals surface area contributed by atoms with E-state index in [1.807, 2.05) is 25.1 Å². The van der Waals surface area contributed by atoms with Crippen LogP contribution in [0.3, 0.4) is 0 Å². The number of ether oxygens (including phenoxy) is 2. The van der Waals surface area contributed by atoms with Gasteiger partial charge in [0.25, 0.3) is 0 Å². The molecule has 0 amide bonds. The van der Waals surface area contributed by atoms with Crippen molar-refractivity contribution in [1.29, 1.82) is 0 Å². The van der Waals surface area contributed by atoms with Crippen LogP contribution in [0.1, 0.15) is 12.5 Å². The molecule has 1 aromatic carbocycles. The first kappa shape index (κ1) is 9.47. The second-order valence-electron chi connectivity index (χ2n) is 2.41. The fourth-order valence-corrected chi connectivity index (χ4v) is 1.10. The van der Waals surface area contributed by atoms with E-state index in [0.717, 1.165) is 0 Å². The van der Waals surface area contributed by atoms with Gasteiger partial charge in [-0.1, -0.05) is 12.0 Å². The van der Waals surface area contributed by atoms with Crippen LogP contribution in [0.15, 0.2) is 18.2 Å². The standard InChI is InChI=1S/C11H12O2/c1-4-9-10(12-3)7-6-8-11(9)13-5-2/h1,6-8H,5H2,2-3H3. The minimum absolute atomic E-state index is 0.599. The lowest BCUT2D eigenvalue weighted by Crippen LogP contribution is -1.96. The van der Waals surface area contributed by atoms with E-state index in [-0.39, 0.29) is 0 Å². The third-order valence-corrected chi connectivity index (χ3v) is 1.65. The van der Waals surface area contributed by atoms with Gasteiger partial charge in [0.1, 0.15) is 17.1 Å². The summed E-state index contributed by atoms with van der Waals surface area (Å²) >= 11 is 0. The number of benzene rings is 1. The monoisotopic (exact) mass is 176 g/mol. The maximum absolute atomic E-state index is 5.35. The van der Waals surface area contributed by atoms with Gasteiger partial charge in [0, 0.05) is 0 Å². The molecule has 0 saturated heterocycles. The van der Waals surface area contributed by atoms with Crippen molar-refractivity contribution in [1.82, 2.24) is 0 Å². The van der Waals surface area contributed by atoms with Crippen LogP contribution in [0.4, 0.5) is 0 Å². The first-order valence-electron chi connectivity index (χ1n) is 4.09. The van der Waals surface area contributed by atoms with Crippen molar-refractivity contribution in [3.63, 3.8) is 0 Å². The Labute approximate surface area is 78.5 Å². The topological polar surface area (TPSA) is 18.5 Å². The minimum Gasteiger partial charge on any atom is -0.495 e. The molecular formula is C11H12O2. The van der Waals surface area contributed by atoms with Gasteiger partial charge in [0.2, 0.25) is 0 Å². The van der Waals surface area contributed by atoms with Crippen molar-refractivity contribution in [3.8, 4) is 23.8 Å². The number of hydrogen-bond acceptors (Lipinski definition) is 2. The first-order chi connectivity index (χ1) is 6.33. The highest BCUT2D eigenvalue weighted by molar-refractivity contribution is 5.54. The molecule has 0 radical (unpaired) electrons. The van der Waals surface area contributed by atoms with Crippen molar-refractivity contribution in [2.75, 3.05) is 13.7 Å². The average molecular weight is 176 g/mol. The lowest BCUT2D eigenvalue weighted by Gasteiger charge is -2.08. The molecule has 0 heterocycles. The summed E-state index contributed by atoms with van der Waals surface area (Å²) < 4.78 is 10.4. The van der Waals surface area contributed by atoms with E-state index in [1.54, 1.807) is 7.11 Å². The molecule has 0 unspecified atom stereocenters. The fraction of sp³-hybridized carbons (Fsp3) is 0.273. The molecule has 1 aromatic rings. The van der Waals surface area contributed by atoms with Crippen LogP contribution in [0.2, 0.25) is 0 Å². The van der Waals surface area contributed by atoms with Crippen molar-refractivity contribution in [3.05, 3.63) is 23.8 Å². The van der Waals surface area contributed by atoms with Crippen molar-refractivity contribution in [2.24, 2.45) is 0 Å². The summed E-state index contributed by atoms with van der Waals surface area (Å²) in [5.41, 5.74) is 0.673. The molecule has 0 fully saturated rings. The smallest absolute Gasteiger partial charge is 0.138 e. The molecule has 1 rings (SSSR count). The summed E-state index contributed by atoms with van der Waals surface area (Å²) in [7, 11) is 1.59. The van der Waals surface area contributed by atoms with Crippen LogP contribution in [0.5, 0.6) is 11.5 Å². The lowest BCUT2D eigenvalue weighted by atomic mass is 10.2. The lowest BCUT2D eigenvalue weighted by molar-refractivity contribution is 0.335. The van der Waals surface area contributed by atoms with E-state index in [2.05, 4.69) is 5.92 Å². The molecule has 0 aliphatic rings. The highest BCUT2D eigenvalue weighted by Crippen LogP contribution is 2.26. The Morgan fingerprint density at radius 1 is 1.38 bits per heavy atom. The summed E-state index contributed by atoms with van der Waals surface area (Å²) in [4.78, 5) is 0. The average Bonchev–Trinajstić information content (AvgIpc) is 2.18. The second-order valence-corrected chi connectivity index (χ2v) is 2.41. The summed E-state index contributed by atoms with van der Waals surface area (Å²) in [6.07, 6.45) is 5.35. The van der Waals surface area contributed by atoms with Gasteiger partial charge >= 0.3 is 0 Å². The third kappa shape index (κ3) is 1.94. The van der Waals surface area contributed by atoms with Gasteiger partial charge in [-0.3, -0.25) is 0 Å². The zero-order valence-corrected chi connectivity index (χ0v) is 7.83. The van der Waals surface area contributed by atoms with Crippen molar-refractivity contribution < 1.29 is 9.47 Å². The summed E-state index contributed by atoms with van der Waals surface area (Å²) in [6.45, 7) is 2.52. The molecule has 2 heteroatoms. The molecule has 2 nitrogen and oxygen atoms in total. The Morgan fingerprint density at radius 2 is 2.08 bits per heavy atom. The van der Waals surface area contributed by atoms with E-state index in [9.17, 15) is 0 Å². The number of hydrogen-bond donors (Lipinski definition) is 0. The Bertz CT molecular complexity index is 323. The molecule has 0 atom stereocenters. The predicted molar refractivity (Wildman–Crippen MR) is 52.1 cm³/mol. The summed E-state index contributed by atoms with van der Waals surface area (Å²) in [5.74, 6) is 3.92. The van der Waals surface area contributed by atoms with Gasteiger partial charge in [-0.2, -0.15) is 0 Å². The van der Waals surface area contributed by atoms with Gasteiger partial charge < -0.3 is 9.47 Å². The zero-order chi connectivity index (χ0) is 9.68. The molecule has 0 bridgehead atoms. The first-order valence-corrected chi connectivity index (χ1v) is 4.09. The van der Waals surface area contributed by atoms with Gasteiger partial charge in [-0.25, -0.2) is 0 Å². The van der Waals surface area contributed by atoms with E-state index in [4.69, 9.17) is 15.9 Å². The molecule has 0 aromatic heterocycles. The Morgan fingerprint density at radius 3 is 2.62 bits per heavy atom. The number of rotatable bonds is 3. The highest BCUT2D eigenvalue weighted by atomic mass is 16.5. The summed E-state index contributed by atoms with van der Waals surface area (Å²) in [5, 5.41) is 0. The van der Waals surface area contributed by atoms with E-state index < -0.39 is 0 Å². The Hall–Kier alpha value is -1.62. The molecule has 0 saturated carbocycles. The number of terminal acetylenes is 1. The summed E-state index contributed by atoms with van der Waals surface area (Å²) in [6, 6.07) is 5.50. The quantitative estimate of drug-likeness (QED) is 0.656. The van der Waals surface area contributed by atoms with Gasteiger partial charge in [0.05, 0.1) is 13.7 Å². The minimum atomic E-state index is 0.599. The van der Waals surface area contributed by atoms with Crippen LogP contribution < -0.4 is 9.47 Å². The predicted octanol–water partition coefficient (Wildman–Crippen LogP) is 2.08. The molecule has 0 spiro atoms. The Balaban J connectivity index is 3.13. The van der Waals surface area contributed by atoms with Gasteiger partial charge in [-0.15, -0.1) is 6.42 Å². The molecule has 68 valence electrons. The highest BCUT2D eigenvalue weighted by Gasteiger charge is 2.06. The maximum Gasteiger partial charge on any atom is 0.138 e. The van der Waals surface area contributed by atoms with E-state index in [0.29, 0.717) is 23.7 Å². The van der Waals surface area contributed by atoms with Crippen LogP contribution in [-0.2, 0) is 0 Å². The van der Waals surface area contributed by atoms with Crippen LogP contribution >= 0.6 is 0 Å². The normalized spacial score (nSPS) is 9.00. The van der Waals surface area contributed by atoms with E-state index in [1.165, 1.54) is 0 Å². The third-order valence-electron chi connectivity index (χ3n) is 1.65. The number of methoxy groups -OCH3 is 1. The van der Waals surface area contributed by atoms with Crippen LogP contribution in [0.25, 0.3) is 0 Å². The molecule has 0 aliphatic heterocycles. The van der Waals surface area contributed by atoms with Gasteiger partial charge in [-0.05, 0) is 19.1 Å². The maximum atomic E-state index is 5.35. The van der Waals surface area contributed by atoms with Crippen LogP contribution in [-0.4, -0.2) is 13.7 Å². The van der Waals surface area contributed by atoms with Gasteiger partial charge in [0.15, 0.2) is 0 Å². The molecular weight excluding hydrogens is 164 g/mol. The van der Waals surface area contributed by atoms with E-state index >= 15 is 0 Å². The zero-order valence-electron chi connectivity index (χ0n) is 7.83. The molecule has 13 heavy (non-hydrogen) atoms. The van der Waals surface area contributed by atoms with Crippen LogP contribution in [0, 0.1) is 12.3 Å². The fourth-order valence-electron chi connectivity index (χ4n) is 1.10. The Kier molecular flexibility index (Phi) is 3.22. The molecule has 0 N–H and O–H groups in total. The SMILES string of the molecule is C#Cc1c(OC)cccc1OCC. The molecule has 0 aliphatic carbocycles. The van der Waals surface area contributed by atoms with Crippen molar-refractivity contribution >= 4 is 0 Å². The van der Waals surface area contributed by atoms with Crippen molar-refractivity contribution in [2.45, 2.75) is 6.92 Å². The second kappa shape index (κ2) is 4.42.